The van der Waals surface area contributed by atoms with Crippen molar-refractivity contribution in [2.24, 2.45) is 11.5 Å². The van der Waals surface area contributed by atoms with E-state index in [1.165, 1.54) is 16.3 Å². The molecule has 3 aromatic rings. The summed E-state index contributed by atoms with van der Waals surface area (Å²) >= 11 is 5.96. The average molecular weight is 465 g/mol. The number of rotatable bonds is 8. The van der Waals surface area contributed by atoms with Crippen molar-refractivity contribution in [3.8, 4) is 0 Å². The van der Waals surface area contributed by atoms with E-state index >= 15 is 0 Å². The van der Waals surface area contributed by atoms with Crippen LogP contribution >= 0.6 is 11.6 Å². The Morgan fingerprint density at radius 3 is 2.48 bits per heavy atom. The lowest BCUT2D eigenvalue weighted by molar-refractivity contribution is -0.135. The van der Waals surface area contributed by atoms with Crippen LogP contribution in [0.1, 0.15) is 17.5 Å². The number of hydrogen-bond acceptors (Lipinski definition) is 4. The molecule has 2 atom stereocenters. The van der Waals surface area contributed by atoms with Gasteiger partial charge < -0.3 is 16.4 Å². The van der Waals surface area contributed by atoms with Crippen molar-refractivity contribution in [2.75, 3.05) is 32.7 Å². The summed E-state index contributed by atoms with van der Waals surface area (Å²) in [5, 5.41) is 3.23. The van der Waals surface area contributed by atoms with Gasteiger partial charge in [0, 0.05) is 37.2 Å². The van der Waals surface area contributed by atoms with E-state index in [1.807, 2.05) is 29.2 Å². The minimum atomic E-state index is -0.547. The highest BCUT2D eigenvalue weighted by Crippen LogP contribution is 2.19. The molecule has 1 aliphatic heterocycles. The number of amides is 1. The summed E-state index contributed by atoms with van der Waals surface area (Å²) in [7, 11) is 0. The largest absolute Gasteiger partial charge is 0.338 e. The molecule has 33 heavy (non-hydrogen) atoms. The first-order valence-corrected chi connectivity index (χ1v) is 12.1. The molecule has 5 nitrogen and oxygen atoms in total. The molecule has 1 amide bonds. The van der Waals surface area contributed by atoms with E-state index in [9.17, 15) is 4.79 Å². The Hall–Kier alpha value is -2.44. The number of halogens is 1. The zero-order valence-corrected chi connectivity index (χ0v) is 19.8. The van der Waals surface area contributed by atoms with Crippen molar-refractivity contribution in [3.63, 3.8) is 0 Å². The number of nitrogens with zero attached hydrogens (tertiary/aromatic N) is 2. The second kappa shape index (κ2) is 11.1. The van der Waals surface area contributed by atoms with Gasteiger partial charge in [-0.25, -0.2) is 0 Å². The lowest BCUT2D eigenvalue weighted by Gasteiger charge is -2.42. The number of carbonyl (C=O) groups excluding carboxylic acids is 1. The van der Waals surface area contributed by atoms with Gasteiger partial charge in [0.05, 0.1) is 6.04 Å². The summed E-state index contributed by atoms with van der Waals surface area (Å²) in [5.41, 5.74) is 14.6. The van der Waals surface area contributed by atoms with E-state index < -0.39 is 6.04 Å². The van der Waals surface area contributed by atoms with Gasteiger partial charge in [0.15, 0.2) is 0 Å². The van der Waals surface area contributed by atoms with Gasteiger partial charge in [-0.15, -0.1) is 0 Å². The summed E-state index contributed by atoms with van der Waals surface area (Å²) in [4.78, 5) is 17.5. The van der Waals surface area contributed by atoms with Crippen LogP contribution in [0.15, 0.2) is 66.7 Å². The van der Waals surface area contributed by atoms with Crippen molar-refractivity contribution in [1.82, 2.24) is 9.80 Å². The Balaban J connectivity index is 1.34. The average Bonchev–Trinajstić information content (AvgIpc) is 2.84. The van der Waals surface area contributed by atoms with E-state index in [2.05, 4.69) is 47.4 Å². The highest BCUT2D eigenvalue weighted by molar-refractivity contribution is 6.30. The molecular formula is C27H33ClN4O. The maximum absolute atomic E-state index is 13.1. The zero-order valence-electron chi connectivity index (χ0n) is 19.0. The van der Waals surface area contributed by atoms with Gasteiger partial charge in [-0.3, -0.25) is 9.69 Å². The lowest BCUT2D eigenvalue weighted by atomic mass is 10.0. The van der Waals surface area contributed by atoms with Crippen LogP contribution in [0.3, 0.4) is 0 Å². The number of benzene rings is 3. The van der Waals surface area contributed by atoms with Gasteiger partial charge in [0.1, 0.15) is 0 Å². The first kappa shape index (κ1) is 23.7. The van der Waals surface area contributed by atoms with Gasteiger partial charge in [0.2, 0.25) is 5.91 Å². The maximum atomic E-state index is 13.1. The minimum absolute atomic E-state index is 0.0150. The third kappa shape index (κ3) is 6.12. The summed E-state index contributed by atoms with van der Waals surface area (Å²) in [6, 6.07) is 22.4. The quantitative estimate of drug-likeness (QED) is 0.535. The van der Waals surface area contributed by atoms with E-state index in [0.717, 1.165) is 31.5 Å². The van der Waals surface area contributed by atoms with Crippen molar-refractivity contribution >= 4 is 28.3 Å². The van der Waals surface area contributed by atoms with E-state index in [-0.39, 0.29) is 11.9 Å². The van der Waals surface area contributed by atoms with Crippen LogP contribution in [0.25, 0.3) is 10.8 Å². The molecule has 1 fully saturated rings. The van der Waals surface area contributed by atoms with Crippen molar-refractivity contribution in [2.45, 2.75) is 31.3 Å². The number of nitrogens with two attached hydrogens (primary N) is 2. The van der Waals surface area contributed by atoms with Crippen LogP contribution in [0.4, 0.5) is 0 Å². The summed E-state index contributed by atoms with van der Waals surface area (Å²) in [6.07, 6.45) is 2.36. The SMILES string of the molecule is NCC[C@@H]1CN(C(=O)[C@H](N)Cc2ccc(Cl)cc2)CCN1CCc1ccc2ccccc2c1. The normalized spacial score (nSPS) is 17.9. The Labute approximate surface area is 201 Å². The molecule has 1 aliphatic rings. The highest BCUT2D eigenvalue weighted by Gasteiger charge is 2.31. The van der Waals surface area contributed by atoms with Crippen molar-refractivity contribution in [1.29, 1.82) is 0 Å². The summed E-state index contributed by atoms with van der Waals surface area (Å²) < 4.78 is 0. The first-order chi connectivity index (χ1) is 16.0. The van der Waals surface area contributed by atoms with Crippen molar-refractivity contribution < 1.29 is 4.79 Å². The van der Waals surface area contributed by atoms with E-state index in [1.54, 1.807) is 0 Å². The minimum Gasteiger partial charge on any atom is -0.338 e. The molecule has 0 spiro atoms. The highest BCUT2D eigenvalue weighted by atomic mass is 35.5. The molecule has 0 radical (unpaired) electrons. The Kier molecular flexibility index (Phi) is 7.99. The predicted octanol–water partition coefficient (Wildman–Crippen LogP) is 3.47. The van der Waals surface area contributed by atoms with Crippen LogP contribution in [0.5, 0.6) is 0 Å². The monoisotopic (exact) mass is 464 g/mol. The summed E-state index contributed by atoms with van der Waals surface area (Å²) in [5.74, 6) is 0.0150. The molecule has 0 bridgehead atoms. The summed E-state index contributed by atoms with van der Waals surface area (Å²) in [6.45, 7) is 3.80. The molecule has 3 aromatic carbocycles. The molecule has 0 aromatic heterocycles. The molecule has 1 saturated heterocycles. The van der Waals surface area contributed by atoms with Gasteiger partial charge in [-0.05, 0) is 59.8 Å². The van der Waals surface area contributed by atoms with Crippen LogP contribution in [0, 0.1) is 0 Å². The molecule has 6 heteroatoms. The smallest absolute Gasteiger partial charge is 0.239 e. The van der Waals surface area contributed by atoms with Crippen LogP contribution in [0.2, 0.25) is 5.02 Å². The zero-order chi connectivity index (χ0) is 23.2. The van der Waals surface area contributed by atoms with E-state index in [0.29, 0.717) is 31.1 Å². The van der Waals surface area contributed by atoms with Crippen LogP contribution in [-0.4, -0.2) is 60.5 Å². The molecule has 1 heterocycles. The Bertz CT molecular complexity index is 1070. The molecule has 0 aliphatic carbocycles. The topological polar surface area (TPSA) is 75.6 Å². The van der Waals surface area contributed by atoms with Gasteiger partial charge in [0.25, 0.3) is 0 Å². The second-order valence-electron chi connectivity index (χ2n) is 8.92. The van der Waals surface area contributed by atoms with E-state index in [4.69, 9.17) is 23.1 Å². The molecule has 0 unspecified atom stereocenters. The van der Waals surface area contributed by atoms with Crippen molar-refractivity contribution in [3.05, 3.63) is 82.9 Å². The molecule has 4 N–H and O–H groups in total. The van der Waals surface area contributed by atoms with Crippen LogP contribution < -0.4 is 11.5 Å². The number of hydrogen-bond donors (Lipinski definition) is 2. The number of piperazine rings is 1. The molecule has 4 rings (SSSR count). The fourth-order valence-electron chi connectivity index (χ4n) is 4.72. The standard InChI is InChI=1S/C27H33ClN4O/c28-24-9-6-20(7-10-24)18-26(30)27(33)32-16-15-31(25(19-32)11-13-29)14-12-21-5-8-22-3-1-2-4-23(22)17-21/h1-10,17,25-26H,11-16,18-19,29-30H2/t25-,26-/m1/s1. The molecule has 174 valence electrons. The van der Waals surface area contributed by atoms with Crippen LogP contribution in [-0.2, 0) is 17.6 Å². The fourth-order valence-corrected chi connectivity index (χ4v) is 4.84. The number of carbonyl (C=O) groups is 1. The van der Waals surface area contributed by atoms with Gasteiger partial charge >= 0.3 is 0 Å². The molecular weight excluding hydrogens is 432 g/mol. The first-order valence-electron chi connectivity index (χ1n) is 11.7. The predicted molar refractivity (Wildman–Crippen MR) is 136 cm³/mol. The third-order valence-electron chi connectivity index (χ3n) is 6.60. The third-order valence-corrected chi connectivity index (χ3v) is 6.86. The maximum Gasteiger partial charge on any atom is 0.239 e. The second-order valence-corrected chi connectivity index (χ2v) is 9.36. The number of fused-ring (bicyclic) bond motifs is 1. The Morgan fingerprint density at radius 2 is 1.73 bits per heavy atom. The lowest BCUT2D eigenvalue weighted by Crippen LogP contribution is -2.58. The Morgan fingerprint density at radius 1 is 1.00 bits per heavy atom. The fraction of sp³-hybridized carbons (Fsp3) is 0.370. The van der Waals surface area contributed by atoms with Gasteiger partial charge in [-0.2, -0.15) is 0 Å². The molecule has 0 saturated carbocycles. The van der Waals surface area contributed by atoms with Gasteiger partial charge in [-0.1, -0.05) is 66.2 Å².